The van der Waals surface area contributed by atoms with Crippen molar-refractivity contribution in [3.05, 3.63) is 15.8 Å². The number of alkyl carbamates (subject to hydrolysis) is 1. The lowest BCUT2D eigenvalue weighted by atomic mass is 9.81. The highest BCUT2D eigenvalue weighted by molar-refractivity contribution is 7.15. The minimum absolute atomic E-state index is 0.0255. The van der Waals surface area contributed by atoms with Crippen molar-refractivity contribution >= 4 is 35.0 Å². The molecule has 0 unspecified atom stereocenters. The highest BCUT2D eigenvalue weighted by Gasteiger charge is 2.38. The molecule has 3 aliphatic rings. The Bertz CT molecular complexity index is 1110. The molecule has 1 aromatic heterocycles. The van der Waals surface area contributed by atoms with Crippen LogP contribution in [0.2, 0.25) is 0 Å². The maximum absolute atomic E-state index is 14.1. The second kappa shape index (κ2) is 13.4. The van der Waals surface area contributed by atoms with Crippen LogP contribution in [0.15, 0.2) is 6.07 Å². The maximum Gasteiger partial charge on any atom is 0.407 e. The molecule has 1 aliphatic heterocycles. The summed E-state index contributed by atoms with van der Waals surface area (Å²) in [5, 5.41) is 16.4. The molecule has 1 aromatic rings. The number of carboxylic acid groups (broad SMARTS) is 1. The smallest absolute Gasteiger partial charge is 0.407 e. The van der Waals surface area contributed by atoms with E-state index >= 15 is 0 Å². The van der Waals surface area contributed by atoms with E-state index in [1.807, 2.05) is 20.8 Å². The molecule has 9 heteroatoms. The number of piperidine rings is 1. The van der Waals surface area contributed by atoms with Crippen LogP contribution in [0.3, 0.4) is 0 Å². The zero-order valence-corrected chi connectivity index (χ0v) is 25.2. The number of rotatable bonds is 6. The molecular weight excluding hydrogens is 526 g/mol. The zero-order chi connectivity index (χ0) is 28.9. The first-order valence-corrected chi connectivity index (χ1v) is 15.7. The van der Waals surface area contributed by atoms with Crippen molar-refractivity contribution < 1.29 is 24.2 Å². The van der Waals surface area contributed by atoms with Crippen molar-refractivity contribution in [2.45, 2.75) is 110 Å². The number of nitrogens with zero attached hydrogens (tertiary/aromatic N) is 1. The van der Waals surface area contributed by atoms with Gasteiger partial charge in [-0.3, -0.25) is 4.79 Å². The largest absolute Gasteiger partial charge is 0.477 e. The van der Waals surface area contributed by atoms with Gasteiger partial charge in [-0.1, -0.05) is 18.8 Å². The number of carbonyl (C=O) groups is 3. The summed E-state index contributed by atoms with van der Waals surface area (Å²) in [4.78, 5) is 41.6. The summed E-state index contributed by atoms with van der Waals surface area (Å²) in [6.07, 6.45) is 7.86. The SMILES string of the molecule is CC(C)(C)C#Cc1cc(N(C(=O)[C@H]2CC[C@H](C)CC2)C2CCC(NC(=O)O[C@@H]3CCCNC3)CC2)c(C(=O)O)s1. The van der Waals surface area contributed by atoms with E-state index in [4.69, 9.17) is 4.74 Å². The summed E-state index contributed by atoms with van der Waals surface area (Å²) in [6.45, 7) is 9.91. The number of hydrogen-bond donors (Lipinski definition) is 3. The van der Waals surface area contributed by atoms with E-state index in [2.05, 4.69) is 29.4 Å². The van der Waals surface area contributed by atoms with Gasteiger partial charge in [-0.05, 0) is 104 Å². The summed E-state index contributed by atoms with van der Waals surface area (Å²) in [7, 11) is 0. The molecule has 0 aromatic carbocycles. The van der Waals surface area contributed by atoms with Gasteiger partial charge in [0.05, 0.1) is 10.6 Å². The van der Waals surface area contributed by atoms with E-state index in [0.717, 1.165) is 56.4 Å². The summed E-state index contributed by atoms with van der Waals surface area (Å²) in [5.41, 5.74) is 0.252. The van der Waals surface area contributed by atoms with Crippen LogP contribution in [-0.4, -0.2) is 54.4 Å². The molecule has 3 N–H and O–H groups in total. The Hall–Kier alpha value is -2.57. The first-order chi connectivity index (χ1) is 19.0. The van der Waals surface area contributed by atoms with Gasteiger partial charge in [-0.2, -0.15) is 0 Å². The van der Waals surface area contributed by atoms with Crippen molar-refractivity contribution in [1.29, 1.82) is 0 Å². The van der Waals surface area contributed by atoms with Crippen molar-refractivity contribution in [1.82, 2.24) is 10.6 Å². The number of carboxylic acids is 1. The van der Waals surface area contributed by atoms with Crippen LogP contribution >= 0.6 is 11.3 Å². The predicted octanol–water partition coefficient (Wildman–Crippen LogP) is 5.79. The van der Waals surface area contributed by atoms with Gasteiger partial charge in [-0.15, -0.1) is 11.3 Å². The lowest BCUT2D eigenvalue weighted by Gasteiger charge is -2.39. The van der Waals surface area contributed by atoms with Crippen molar-refractivity contribution in [3.63, 3.8) is 0 Å². The Balaban J connectivity index is 1.52. The topological polar surface area (TPSA) is 108 Å². The summed E-state index contributed by atoms with van der Waals surface area (Å²) in [6, 6.07) is 1.65. The zero-order valence-electron chi connectivity index (χ0n) is 24.4. The van der Waals surface area contributed by atoms with E-state index in [1.165, 1.54) is 0 Å². The number of nitrogens with one attached hydrogen (secondary N) is 2. The van der Waals surface area contributed by atoms with Gasteiger partial charge in [0.25, 0.3) is 0 Å². The number of hydrogen-bond acceptors (Lipinski definition) is 6. The normalized spacial score (nSPS) is 27.1. The number of amides is 2. The standard InChI is InChI=1S/C31H45N3O5S/c1-20-7-9-21(10-8-20)28(35)34(26-18-25(15-16-31(2,3)4)40-27(26)29(36)37)23-13-11-22(12-14-23)33-30(38)39-24-6-5-17-32-19-24/h18,20-24,32H,5-14,17,19H2,1-4H3,(H,33,38)(H,36,37)/t20-,21-,22?,23?,24-/m1/s1. The van der Waals surface area contributed by atoms with Crippen LogP contribution in [-0.2, 0) is 9.53 Å². The highest BCUT2D eigenvalue weighted by atomic mass is 32.1. The summed E-state index contributed by atoms with van der Waals surface area (Å²) >= 11 is 1.14. The van der Waals surface area contributed by atoms with E-state index in [-0.39, 0.29) is 46.4 Å². The quantitative estimate of drug-likeness (QED) is 0.373. The van der Waals surface area contributed by atoms with Crippen molar-refractivity contribution in [2.24, 2.45) is 17.3 Å². The van der Waals surface area contributed by atoms with Crippen LogP contribution in [0.4, 0.5) is 10.5 Å². The second-order valence-electron chi connectivity index (χ2n) is 12.8. The average molecular weight is 572 g/mol. The molecule has 2 aliphatic carbocycles. The minimum atomic E-state index is -1.03. The molecule has 1 saturated heterocycles. The number of thiophene rings is 1. The van der Waals surface area contributed by atoms with Crippen LogP contribution in [0.25, 0.3) is 0 Å². The Morgan fingerprint density at radius 3 is 2.38 bits per heavy atom. The fourth-order valence-corrected chi connectivity index (χ4v) is 6.82. The molecule has 40 heavy (non-hydrogen) atoms. The van der Waals surface area contributed by atoms with Gasteiger partial charge < -0.3 is 25.4 Å². The fourth-order valence-electron chi connectivity index (χ4n) is 5.97. The van der Waals surface area contributed by atoms with Gasteiger partial charge in [0.1, 0.15) is 11.0 Å². The lowest BCUT2D eigenvalue weighted by molar-refractivity contribution is -0.124. The van der Waals surface area contributed by atoms with Crippen molar-refractivity contribution in [3.8, 4) is 11.8 Å². The predicted molar refractivity (Wildman–Crippen MR) is 158 cm³/mol. The molecule has 2 heterocycles. The van der Waals surface area contributed by atoms with Gasteiger partial charge >= 0.3 is 12.1 Å². The molecule has 220 valence electrons. The third-order valence-electron chi connectivity index (χ3n) is 8.24. The summed E-state index contributed by atoms with van der Waals surface area (Å²) < 4.78 is 5.60. The van der Waals surface area contributed by atoms with E-state index < -0.39 is 5.97 Å². The molecule has 0 radical (unpaired) electrons. The van der Waals surface area contributed by atoms with E-state index in [9.17, 15) is 19.5 Å². The molecular formula is C31H45N3O5S. The molecule has 8 nitrogen and oxygen atoms in total. The van der Waals surface area contributed by atoms with Crippen LogP contribution in [0, 0.1) is 29.1 Å². The minimum Gasteiger partial charge on any atom is -0.477 e. The van der Waals surface area contributed by atoms with E-state index in [0.29, 0.717) is 48.7 Å². The van der Waals surface area contributed by atoms with Crippen LogP contribution < -0.4 is 15.5 Å². The van der Waals surface area contributed by atoms with Gasteiger partial charge in [-0.25, -0.2) is 9.59 Å². The molecule has 2 saturated carbocycles. The maximum atomic E-state index is 14.1. The van der Waals surface area contributed by atoms with E-state index in [1.54, 1.807) is 11.0 Å². The highest BCUT2D eigenvalue weighted by Crippen LogP contribution is 2.39. The van der Waals surface area contributed by atoms with Gasteiger partial charge in [0.15, 0.2) is 0 Å². The third-order valence-corrected chi connectivity index (χ3v) is 9.27. The molecule has 3 fully saturated rings. The number of carbonyl (C=O) groups excluding carboxylic acids is 2. The van der Waals surface area contributed by atoms with Crippen LogP contribution in [0.5, 0.6) is 0 Å². The first kappa shape index (κ1) is 30.4. The molecule has 2 amide bonds. The Morgan fingerprint density at radius 1 is 1.07 bits per heavy atom. The Morgan fingerprint density at radius 2 is 1.77 bits per heavy atom. The van der Waals surface area contributed by atoms with Gasteiger partial charge in [0.2, 0.25) is 5.91 Å². The molecule has 0 bridgehead atoms. The number of anilines is 1. The monoisotopic (exact) mass is 571 g/mol. The Labute approximate surface area is 242 Å². The number of ether oxygens (including phenoxy) is 1. The first-order valence-electron chi connectivity index (χ1n) is 14.9. The lowest BCUT2D eigenvalue weighted by Crippen LogP contribution is -2.49. The Kier molecular flexibility index (Phi) is 10.2. The molecule has 4 rings (SSSR count). The number of aromatic carboxylic acids is 1. The summed E-state index contributed by atoms with van der Waals surface area (Å²) in [5.74, 6) is 5.85. The second-order valence-corrected chi connectivity index (χ2v) is 13.9. The fraction of sp³-hybridized carbons (Fsp3) is 0.710. The third kappa shape index (κ3) is 8.23. The van der Waals surface area contributed by atoms with Crippen molar-refractivity contribution in [2.75, 3.05) is 18.0 Å². The average Bonchev–Trinajstić information content (AvgIpc) is 3.33. The van der Waals surface area contributed by atoms with Crippen LogP contribution in [0.1, 0.15) is 106 Å². The molecule has 1 atom stereocenters. The molecule has 0 spiro atoms. The van der Waals surface area contributed by atoms with Gasteiger partial charge in [0, 0.05) is 30.0 Å².